The highest BCUT2D eigenvalue weighted by molar-refractivity contribution is 7.92. The zero-order chi connectivity index (χ0) is 17.3. The summed E-state index contributed by atoms with van der Waals surface area (Å²) in [6.07, 6.45) is 2.98. The minimum absolute atomic E-state index is 0.334. The van der Waals surface area contributed by atoms with Gasteiger partial charge in [0, 0.05) is 13.1 Å². The number of aromatic nitrogens is 2. The van der Waals surface area contributed by atoms with Crippen molar-refractivity contribution in [3.63, 3.8) is 0 Å². The van der Waals surface area contributed by atoms with Crippen molar-refractivity contribution in [1.29, 1.82) is 0 Å². The standard InChI is InChI=1S/C19H19N3O2S/c23-25(24,15-6-2-1-3-7-15)16-10-12-22(13-11-16)19-14-20-17-8-4-5-9-18(17)21-19/h1-9,14,16H,10-13H2. The number of sulfone groups is 1. The predicted octanol–water partition coefficient (Wildman–Crippen LogP) is 3.07. The van der Waals surface area contributed by atoms with Gasteiger partial charge in [0.15, 0.2) is 9.84 Å². The van der Waals surface area contributed by atoms with Gasteiger partial charge >= 0.3 is 0 Å². The van der Waals surface area contributed by atoms with Gasteiger partial charge in [-0.1, -0.05) is 30.3 Å². The van der Waals surface area contributed by atoms with Crippen LogP contribution in [0.2, 0.25) is 0 Å². The molecule has 4 rings (SSSR count). The SMILES string of the molecule is O=S(=O)(c1ccccc1)C1CCN(c2cnc3ccccc3n2)CC1. The summed E-state index contributed by atoms with van der Waals surface area (Å²) in [6, 6.07) is 16.5. The number of piperidine rings is 1. The fourth-order valence-electron chi connectivity index (χ4n) is 3.30. The average molecular weight is 353 g/mol. The van der Waals surface area contributed by atoms with Crippen molar-refractivity contribution >= 4 is 26.7 Å². The number of nitrogens with zero attached hydrogens (tertiary/aromatic N) is 3. The van der Waals surface area contributed by atoms with Gasteiger partial charge < -0.3 is 4.90 Å². The Balaban J connectivity index is 1.51. The fraction of sp³-hybridized carbons (Fsp3) is 0.263. The molecule has 2 aromatic carbocycles. The molecule has 1 aromatic heterocycles. The third-order valence-electron chi connectivity index (χ3n) is 4.71. The number of hydrogen-bond donors (Lipinski definition) is 0. The van der Waals surface area contributed by atoms with E-state index in [0.717, 1.165) is 16.9 Å². The van der Waals surface area contributed by atoms with E-state index in [1.807, 2.05) is 30.3 Å². The molecule has 128 valence electrons. The Morgan fingerprint density at radius 1 is 0.880 bits per heavy atom. The minimum Gasteiger partial charge on any atom is -0.355 e. The van der Waals surface area contributed by atoms with Crippen LogP contribution in [-0.4, -0.2) is 36.7 Å². The van der Waals surface area contributed by atoms with Crippen LogP contribution in [0.25, 0.3) is 11.0 Å². The van der Waals surface area contributed by atoms with Crippen LogP contribution in [0.5, 0.6) is 0 Å². The van der Waals surface area contributed by atoms with Crippen molar-refractivity contribution in [2.45, 2.75) is 23.0 Å². The monoisotopic (exact) mass is 353 g/mol. The molecule has 0 radical (unpaired) electrons. The summed E-state index contributed by atoms with van der Waals surface area (Å²) >= 11 is 0. The van der Waals surface area contributed by atoms with Gasteiger partial charge in [-0.05, 0) is 37.1 Å². The van der Waals surface area contributed by atoms with Gasteiger partial charge in [-0.2, -0.15) is 0 Å². The number of benzene rings is 2. The van der Waals surface area contributed by atoms with Gasteiger partial charge in [0.25, 0.3) is 0 Å². The van der Waals surface area contributed by atoms with E-state index in [0.29, 0.717) is 30.8 Å². The first-order valence-electron chi connectivity index (χ1n) is 8.40. The van der Waals surface area contributed by atoms with E-state index in [1.54, 1.807) is 30.5 Å². The Morgan fingerprint density at radius 2 is 1.52 bits per heavy atom. The Kier molecular flexibility index (Phi) is 4.13. The van der Waals surface area contributed by atoms with E-state index in [-0.39, 0.29) is 5.25 Å². The van der Waals surface area contributed by atoms with E-state index in [4.69, 9.17) is 0 Å². The largest absolute Gasteiger partial charge is 0.355 e. The van der Waals surface area contributed by atoms with Crippen LogP contribution < -0.4 is 4.90 Å². The Labute approximate surface area is 147 Å². The Bertz CT molecular complexity index is 982. The molecule has 0 aliphatic carbocycles. The molecule has 0 amide bonds. The molecule has 3 aromatic rings. The maximum atomic E-state index is 12.8. The smallest absolute Gasteiger partial charge is 0.181 e. The van der Waals surface area contributed by atoms with Gasteiger partial charge in [0.2, 0.25) is 0 Å². The summed E-state index contributed by atoms with van der Waals surface area (Å²) in [5.74, 6) is 0.814. The lowest BCUT2D eigenvalue weighted by Crippen LogP contribution is -2.39. The van der Waals surface area contributed by atoms with Gasteiger partial charge in [0.1, 0.15) is 5.82 Å². The highest BCUT2D eigenvalue weighted by Gasteiger charge is 2.31. The molecule has 2 heterocycles. The molecule has 1 aliphatic rings. The van der Waals surface area contributed by atoms with Gasteiger partial charge in [-0.25, -0.2) is 13.4 Å². The normalized spacial score (nSPS) is 16.2. The van der Waals surface area contributed by atoms with Crippen molar-refractivity contribution < 1.29 is 8.42 Å². The summed E-state index contributed by atoms with van der Waals surface area (Å²) < 4.78 is 25.5. The zero-order valence-electron chi connectivity index (χ0n) is 13.7. The van der Waals surface area contributed by atoms with Crippen LogP contribution in [0.1, 0.15) is 12.8 Å². The summed E-state index contributed by atoms with van der Waals surface area (Å²) in [7, 11) is -3.27. The van der Waals surface area contributed by atoms with Crippen LogP contribution in [0.4, 0.5) is 5.82 Å². The maximum Gasteiger partial charge on any atom is 0.181 e. The lowest BCUT2D eigenvalue weighted by Gasteiger charge is -2.32. The van der Waals surface area contributed by atoms with Crippen molar-refractivity contribution in [3.05, 3.63) is 60.8 Å². The second-order valence-electron chi connectivity index (χ2n) is 6.26. The predicted molar refractivity (Wildman–Crippen MR) is 98.4 cm³/mol. The Morgan fingerprint density at radius 3 is 2.24 bits per heavy atom. The number of para-hydroxylation sites is 2. The number of hydrogen-bond acceptors (Lipinski definition) is 5. The molecule has 1 fully saturated rings. The lowest BCUT2D eigenvalue weighted by molar-refractivity contribution is 0.528. The third kappa shape index (κ3) is 3.09. The fourth-order valence-corrected chi connectivity index (χ4v) is 5.05. The highest BCUT2D eigenvalue weighted by atomic mass is 32.2. The quantitative estimate of drug-likeness (QED) is 0.724. The van der Waals surface area contributed by atoms with Crippen molar-refractivity contribution in [2.24, 2.45) is 0 Å². The van der Waals surface area contributed by atoms with E-state index >= 15 is 0 Å². The molecule has 1 aliphatic heterocycles. The minimum atomic E-state index is -3.27. The van der Waals surface area contributed by atoms with E-state index in [2.05, 4.69) is 14.9 Å². The van der Waals surface area contributed by atoms with Crippen LogP contribution >= 0.6 is 0 Å². The first kappa shape index (κ1) is 16.0. The molecule has 5 nitrogen and oxygen atoms in total. The Hall–Kier alpha value is -2.47. The highest BCUT2D eigenvalue weighted by Crippen LogP contribution is 2.26. The second kappa shape index (κ2) is 6.44. The molecule has 1 saturated heterocycles. The van der Waals surface area contributed by atoms with Crippen LogP contribution in [0.3, 0.4) is 0 Å². The summed E-state index contributed by atoms with van der Waals surface area (Å²) in [5, 5.41) is -0.334. The van der Waals surface area contributed by atoms with E-state index < -0.39 is 9.84 Å². The first-order valence-corrected chi connectivity index (χ1v) is 9.95. The van der Waals surface area contributed by atoms with Gasteiger partial charge in [-0.3, -0.25) is 4.98 Å². The van der Waals surface area contributed by atoms with Crippen molar-refractivity contribution in [2.75, 3.05) is 18.0 Å². The number of fused-ring (bicyclic) bond motifs is 1. The molecule has 0 unspecified atom stereocenters. The molecule has 0 atom stereocenters. The van der Waals surface area contributed by atoms with Crippen LogP contribution in [-0.2, 0) is 9.84 Å². The lowest BCUT2D eigenvalue weighted by atomic mass is 10.1. The van der Waals surface area contributed by atoms with E-state index in [1.165, 1.54) is 0 Å². The topological polar surface area (TPSA) is 63.2 Å². The van der Waals surface area contributed by atoms with Crippen molar-refractivity contribution in [1.82, 2.24) is 9.97 Å². The molecule has 0 saturated carbocycles. The molecular formula is C19H19N3O2S. The third-order valence-corrected chi connectivity index (χ3v) is 6.99. The van der Waals surface area contributed by atoms with Gasteiger partial charge in [-0.15, -0.1) is 0 Å². The second-order valence-corrected chi connectivity index (χ2v) is 8.49. The molecule has 0 spiro atoms. The molecule has 0 bridgehead atoms. The maximum absolute atomic E-state index is 12.8. The molecule has 6 heteroatoms. The van der Waals surface area contributed by atoms with Crippen molar-refractivity contribution in [3.8, 4) is 0 Å². The molecule has 0 N–H and O–H groups in total. The molecule has 25 heavy (non-hydrogen) atoms. The summed E-state index contributed by atoms with van der Waals surface area (Å²) in [5.41, 5.74) is 1.73. The van der Waals surface area contributed by atoms with Crippen LogP contribution in [0.15, 0.2) is 65.7 Å². The average Bonchev–Trinajstić information content (AvgIpc) is 2.68. The summed E-state index contributed by atoms with van der Waals surface area (Å²) in [6.45, 7) is 1.34. The van der Waals surface area contributed by atoms with Gasteiger partial charge in [0.05, 0.1) is 27.4 Å². The summed E-state index contributed by atoms with van der Waals surface area (Å²) in [4.78, 5) is 11.6. The zero-order valence-corrected chi connectivity index (χ0v) is 14.6. The number of anilines is 1. The first-order chi connectivity index (χ1) is 12.1. The van der Waals surface area contributed by atoms with E-state index in [9.17, 15) is 8.42 Å². The molecular weight excluding hydrogens is 334 g/mol. The number of rotatable bonds is 3. The van der Waals surface area contributed by atoms with Crippen LogP contribution in [0, 0.1) is 0 Å².